The third-order valence-electron chi connectivity index (χ3n) is 7.47. The Labute approximate surface area is 270 Å². The number of halogens is 22. The van der Waals surface area contributed by atoms with Crippen LogP contribution in [0.15, 0.2) is 0 Å². The Hall–Kier alpha value is -3.00. The number of nitrogens with two attached hydrogens (primary N) is 2. The topological polar surface area (TPSA) is 105 Å². The van der Waals surface area contributed by atoms with Crippen LogP contribution in [0.25, 0.3) is 0 Å². The van der Waals surface area contributed by atoms with E-state index in [4.69, 9.17) is 0 Å². The lowest BCUT2D eigenvalue weighted by Crippen LogP contribution is -2.70. The second kappa shape index (κ2) is 13.8. The van der Waals surface area contributed by atoms with Crippen molar-refractivity contribution in [2.24, 2.45) is 22.8 Å². The molecule has 0 saturated heterocycles. The third kappa shape index (κ3) is 8.47. The maximum absolute atomic E-state index is 15.1. The SMILES string of the molecule is CC(CCOC(N)=O)CC(C)(C)C(CC(F)(F)C(F)(F)C(F)(F)C(F)(F)C(F)(F)F)(CC(F)(F)C(F)(F)C(F)(F)C(F)(F)C(F)(F)F)OC(N)=O. The fraction of sp³-hybridized carbons (Fsp3) is 0.913. The molecule has 2 amide bonds. The van der Waals surface area contributed by atoms with Crippen molar-refractivity contribution >= 4 is 12.2 Å². The zero-order valence-corrected chi connectivity index (χ0v) is 25.2. The van der Waals surface area contributed by atoms with Crippen molar-refractivity contribution in [3.8, 4) is 0 Å². The molecule has 0 aliphatic rings. The van der Waals surface area contributed by atoms with Crippen molar-refractivity contribution in [1.29, 1.82) is 0 Å². The molecule has 51 heavy (non-hydrogen) atoms. The van der Waals surface area contributed by atoms with Gasteiger partial charge < -0.3 is 20.9 Å². The summed E-state index contributed by atoms with van der Waals surface area (Å²) in [6.07, 6.45) is -30.5. The normalized spacial score (nSPS) is 16.2. The highest BCUT2D eigenvalue weighted by molar-refractivity contribution is 5.65. The van der Waals surface area contributed by atoms with Gasteiger partial charge in [-0.05, 0) is 18.8 Å². The van der Waals surface area contributed by atoms with Crippen LogP contribution >= 0.6 is 0 Å². The largest absolute Gasteiger partial charge is 0.460 e. The first-order valence-electron chi connectivity index (χ1n) is 13.0. The minimum absolute atomic E-state index is 0.0642. The van der Waals surface area contributed by atoms with Crippen LogP contribution in [0, 0.1) is 11.3 Å². The van der Waals surface area contributed by atoms with Crippen molar-refractivity contribution < 1.29 is 116 Å². The van der Waals surface area contributed by atoms with E-state index in [2.05, 4.69) is 20.9 Å². The number of hydrogen-bond acceptors (Lipinski definition) is 4. The van der Waals surface area contributed by atoms with E-state index in [0.717, 1.165) is 6.92 Å². The van der Waals surface area contributed by atoms with Gasteiger partial charge in [-0.1, -0.05) is 20.8 Å². The predicted molar refractivity (Wildman–Crippen MR) is 122 cm³/mol. The molecule has 0 heterocycles. The molecule has 304 valence electrons. The number of alkyl halides is 22. The first-order chi connectivity index (χ1) is 21.9. The molecule has 0 fully saturated rings. The van der Waals surface area contributed by atoms with Crippen LogP contribution in [0.5, 0.6) is 0 Å². The molecule has 6 nitrogen and oxygen atoms in total. The van der Waals surface area contributed by atoms with Gasteiger partial charge in [-0.2, -0.15) is 96.6 Å². The summed E-state index contributed by atoms with van der Waals surface area (Å²) in [5.74, 6) is -65.9. The number of carbonyl (C=O) groups is 2. The number of amides is 2. The van der Waals surface area contributed by atoms with Crippen molar-refractivity contribution in [1.82, 2.24) is 0 Å². The highest BCUT2D eigenvalue weighted by Crippen LogP contribution is 2.64. The first-order valence-corrected chi connectivity index (χ1v) is 13.0. The van der Waals surface area contributed by atoms with Gasteiger partial charge in [0.2, 0.25) is 0 Å². The molecule has 1 unspecified atom stereocenters. The van der Waals surface area contributed by atoms with Gasteiger partial charge in [-0.15, -0.1) is 0 Å². The van der Waals surface area contributed by atoms with Gasteiger partial charge in [-0.25, -0.2) is 9.59 Å². The maximum Gasteiger partial charge on any atom is 0.460 e. The quantitative estimate of drug-likeness (QED) is 0.143. The molecule has 0 aromatic heterocycles. The zero-order valence-electron chi connectivity index (χ0n) is 25.2. The van der Waals surface area contributed by atoms with Crippen molar-refractivity contribution in [2.45, 2.75) is 112 Å². The fourth-order valence-corrected chi connectivity index (χ4v) is 4.61. The van der Waals surface area contributed by atoms with Crippen LogP contribution < -0.4 is 11.5 Å². The lowest BCUT2D eigenvalue weighted by molar-refractivity contribution is -0.430. The first kappa shape index (κ1) is 48.0. The van der Waals surface area contributed by atoms with E-state index in [1.54, 1.807) is 0 Å². The van der Waals surface area contributed by atoms with Gasteiger partial charge in [-0.3, -0.25) is 0 Å². The molecular weight excluding hydrogens is 786 g/mol. The zero-order chi connectivity index (χ0) is 41.7. The standard InChI is InChI=1S/C23H24F22N2O4/c1-9(4-5-50-10(46)48)6-12(2,3)13(51-11(47)49,7-14(24,25)16(28,29)18(32,33)20(36,37)22(40,41)42)8-15(26,27)17(30,31)19(34,35)21(38,39)23(43,44)45/h9H,4-8H2,1-3H3,(H2,46,48)(H2,47,49). The molecule has 0 spiro atoms. The van der Waals surface area contributed by atoms with Crippen LogP contribution in [0.3, 0.4) is 0 Å². The third-order valence-corrected chi connectivity index (χ3v) is 7.47. The second-order valence-corrected chi connectivity index (χ2v) is 11.8. The molecule has 28 heteroatoms. The van der Waals surface area contributed by atoms with Gasteiger partial charge in [0.15, 0.2) is 0 Å². The Kier molecular flexibility index (Phi) is 13.0. The van der Waals surface area contributed by atoms with Crippen LogP contribution in [0.4, 0.5) is 106 Å². The number of primary amides is 2. The maximum atomic E-state index is 15.1. The van der Waals surface area contributed by atoms with Crippen LogP contribution in [-0.4, -0.2) is 84.1 Å². The van der Waals surface area contributed by atoms with E-state index in [0.29, 0.717) is 0 Å². The van der Waals surface area contributed by atoms with Gasteiger partial charge in [0.25, 0.3) is 0 Å². The van der Waals surface area contributed by atoms with Crippen LogP contribution in [0.1, 0.15) is 46.5 Å². The van der Waals surface area contributed by atoms with Gasteiger partial charge >= 0.3 is 71.9 Å². The fourth-order valence-electron chi connectivity index (χ4n) is 4.61. The number of carbonyl (C=O) groups excluding carboxylic acids is 2. The highest BCUT2D eigenvalue weighted by Gasteiger charge is 2.90. The molecule has 0 aliphatic heterocycles. The molecule has 0 bridgehead atoms. The summed E-state index contributed by atoms with van der Waals surface area (Å²) in [6, 6.07) is 0. The molecule has 1 atom stereocenters. The summed E-state index contributed by atoms with van der Waals surface area (Å²) < 4.78 is 312. The molecule has 0 aromatic carbocycles. The number of ether oxygens (including phenoxy) is 2. The molecule has 0 radical (unpaired) electrons. The van der Waals surface area contributed by atoms with Gasteiger partial charge in [0.05, 0.1) is 19.4 Å². The molecular formula is C23H24F22N2O4. The number of hydrogen-bond donors (Lipinski definition) is 2. The van der Waals surface area contributed by atoms with Crippen LogP contribution in [0.2, 0.25) is 0 Å². The summed E-state index contributed by atoms with van der Waals surface area (Å²) in [7, 11) is 0. The predicted octanol–water partition coefficient (Wildman–Crippen LogP) is 9.35. The van der Waals surface area contributed by atoms with Gasteiger partial charge in [0, 0.05) is 5.41 Å². The Balaban J connectivity index is 7.95. The molecule has 0 saturated carbocycles. The molecule has 0 rings (SSSR count). The monoisotopic (exact) mass is 810 g/mol. The van der Waals surface area contributed by atoms with Crippen molar-refractivity contribution in [2.75, 3.05) is 6.61 Å². The lowest BCUT2D eigenvalue weighted by atomic mass is 9.63. The van der Waals surface area contributed by atoms with E-state index < -0.39 is 121 Å². The Morgan fingerprint density at radius 2 is 0.843 bits per heavy atom. The Morgan fingerprint density at radius 1 is 0.529 bits per heavy atom. The Morgan fingerprint density at radius 3 is 1.10 bits per heavy atom. The lowest BCUT2D eigenvalue weighted by Gasteiger charge is -2.51. The van der Waals surface area contributed by atoms with E-state index in [9.17, 15) is 88.6 Å². The van der Waals surface area contributed by atoms with E-state index in [-0.39, 0.29) is 13.8 Å². The smallest absolute Gasteiger partial charge is 0.450 e. The average molecular weight is 810 g/mol. The second-order valence-electron chi connectivity index (χ2n) is 11.8. The Bertz CT molecular complexity index is 1180. The van der Waals surface area contributed by atoms with Crippen molar-refractivity contribution in [3.63, 3.8) is 0 Å². The van der Waals surface area contributed by atoms with Crippen LogP contribution in [-0.2, 0) is 9.47 Å². The number of rotatable bonds is 17. The van der Waals surface area contributed by atoms with E-state index in [1.165, 1.54) is 0 Å². The minimum atomic E-state index is -8.35. The van der Waals surface area contributed by atoms with E-state index in [1.807, 2.05) is 0 Å². The van der Waals surface area contributed by atoms with Crippen molar-refractivity contribution in [3.05, 3.63) is 0 Å². The molecule has 0 aromatic rings. The molecule has 0 aliphatic carbocycles. The molecule has 4 N–H and O–H groups in total. The summed E-state index contributed by atoms with van der Waals surface area (Å²) in [5, 5.41) is 0. The van der Waals surface area contributed by atoms with Gasteiger partial charge in [0.1, 0.15) is 5.60 Å². The average Bonchev–Trinajstić information content (AvgIpc) is 2.84. The minimum Gasteiger partial charge on any atom is -0.450 e. The van der Waals surface area contributed by atoms with E-state index >= 15 is 17.6 Å². The summed E-state index contributed by atoms with van der Waals surface area (Å²) in [5.41, 5.74) is 0.524. The summed E-state index contributed by atoms with van der Waals surface area (Å²) >= 11 is 0. The summed E-state index contributed by atoms with van der Waals surface area (Å²) in [4.78, 5) is 22.4. The highest BCUT2D eigenvalue weighted by atomic mass is 19.4. The summed E-state index contributed by atoms with van der Waals surface area (Å²) in [6.45, 7) is 0.0798.